The maximum atomic E-state index is 13.1. The molecule has 0 unspecified atom stereocenters. The number of piperazine rings is 1. The average molecular weight is 429 g/mol. The van der Waals surface area contributed by atoms with Crippen molar-refractivity contribution in [2.45, 2.75) is 39.3 Å². The SMILES string of the molecule is COc1ccc2cc(N3CCN(C(=O)[C@@H](CC(C)C)[C@H](O)C(=O)O)[C@H](C)C3)ccc2c1. The normalized spacial score (nSPS) is 18.8. The molecule has 3 rings (SSSR count). The molecule has 1 fully saturated rings. The quantitative estimate of drug-likeness (QED) is 0.705. The van der Waals surface area contributed by atoms with Crippen LogP contribution in [0.4, 0.5) is 5.69 Å². The highest BCUT2D eigenvalue weighted by Crippen LogP contribution is 2.28. The smallest absolute Gasteiger partial charge is 0.333 e. The van der Waals surface area contributed by atoms with Crippen molar-refractivity contribution in [2.75, 3.05) is 31.6 Å². The number of aliphatic carboxylic acids is 1. The summed E-state index contributed by atoms with van der Waals surface area (Å²) in [5.41, 5.74) is 1.08. The number of fused-ring (bicyclic) bond motifs is 1. The van der Waals surface area contributed by atoms with E-state index in [1.807, 2.05) is 39.0 Å². The molecule has 0 saturated carbocycles. The molecule has 0 bridgehead atoms. The molecule has 0 aliphatic carbocycles. The molecule has 31 heavy (non-hydrogen) atoms. The van der Waals surface area contributed by atoms with Gasteiger partial charge >= 0.3 is 5.97 Å². The van der Waals surface area contributed by atoms with Gasteiger partial charge in [-0.3, -0.25) is 4.79 Å². The second kappa shape index (κ2) is 9.56. The molecule has 0 radical (unpaired) electrons. The van der Waals surface area contributed by atoms with Crippen LogP contribution in [-0.2, 0) is 9.59 Å². The molecular weight excluding hydrogens is 396 g/mol. The number of carboxylic acid groups (broad SMARTS) is 1. The first-order valence-electron chi connectivity index (χ1n) is 10.8. The van der Waals surface area contributed by atoms with Gasteiger partial charge in [-0.2, -0.15) is 0 Å². The van der Waals surface area contributed by atoms with Gasteiger partial charge in [-0.1, -0.05) is 26.0 Å². The Labute approximate surface area is 183 Å². The lowest BCUT2D eigenvalue weighted by Crippen LogP contribution is -2.57. The van der Waals surface area contributed by atoms with Crippen LogP contribution in [0.25, 0.3) is 10.8 Å². The average Bonchev–Trinajstić information content (AvgIpc) is 2.75. The number of amides is 1. The molecule has 1 amide bonds. The van der Waals surface area contributed by atoms with Gasteiger partial charge < -0.3 is 24.7 Å². The molecule has 7 heteroatoms. The number of aliphatic hydroxyl groups excluding tert-OH is 1. The number of carbonyl (C=O) groups excluding carboxylic acids is 1. The number of carboxylic acids is 1. The van der Waals surface area contributed by atoms with Crippen LogP contribution in [0, 0.1) is 11.8 Å². The third kappa shape index (κ3) is 5.10. The molecule has 7 nitrogen and oxygen atoms in total. The Balaban J connectivity index is 1.74. The van der Waals surface area contributed by atoms with Crippen molar-refractivity contribution >= 4 is 28.3 Å². The first-order valence-corrected chi connectivity index (χ1v) is 10.8. The Morgan fingerprint density at radius 3 is 2.42 bits per heavy atom. The molecule has 2 N–H and O–H groups in total. The Morgan fingerprint density at radius 2 is 1.81 bits per heavy atom. The topological polar surface area (TPSA) is 90.3 Å². The zero-order valence-electron chi connectivity index (χ0n) is 18.6. The minimum atomic E-state index is -1.68. The molecule has 1 heterocycles. The number of aliphatic hydroxyl groups is 1. The van der Waals surface area contributed by atoms with Gasteiger partial charge in [-0.05, 0) is 54.3 Å². The molecule has 0 spiro atoms. The largest absolute Gasteiger partial charge is 0.497 e. The minimum Gasteiger partial charge on any atom is -0.497 e. The Morgan fingerprint density at radius 1 is 1.13 bits per heavy atom. The number of ether oxygens (including phenoxy) is 1. The second-order valence-electron chi connectivity index (χ2n) is 8.74. The third-order valence-electron chi connectivity index (χ3n) is 5.98. The summed E-state index contributed by atoms with van der Waals surface area (Å²) in [6.45, 7) is 7.59. The lowest BCUT2D eigenvalue weighted by atomic mass is 9.90. The molecule has 3 atom stereocenters. The number of rotatable bonds is 7. The molecule has 2 aromatic rings. The molecule has 168 valence electrons. The Bertz CT molecular complexity index is 945. The van der Waals surface area contributed by atoms with E-state index in [1.165, 1.54) is 0 Å². The summed E-state index contributed by atoms with van der Waals surface area (Å²) in [5.74, 6) is -1.63. The number of methoxy groups -OCH3 is 1. The molecule has 1 aliphatic rings. The van der Waals surface area contributed by atoms with Gasteiger partial charge in [0.05, 0.1) is 13.0 Å². The highest BCUT2D eigenvalue weighted by atomic mass is 16.5. The molecule has 1 aliphatic heterocycles. The van der Waals surface area contributed by atoms with Crippen LogP contribution in [0.2, 0.25) is 0 Å². The van der Waals surface area contributed by atoms with E-state index in [2.05, 4.69) is 23.1 Å². The van der Waals surface area contributed by atoms with Crippen molar-refractivity contribution in [3.05, 3.63) is 36.4 Å². The van der Waals surface area contributed by atoms with Crippen LogP contribution in [0.5, 0.6) is 5.75 Å². The van der Waals surface area contributed by atoms with E-state index in [1.54, 1.807) is 12.0 Å². The Hall–Kier alpha value is -2.80. The van der Waals surface area contributed by atoms with Gasteiger partial charge in [0.1, 0.15) is 5.75 Å². The van der Waals surface area contributed by atoms with E-state index in [4.69, 9.17) is 4.74 Å². The highest BCUT2D eigenvalue weighted by Gasteiger charge is 2.38. The summed E-state index contributed by atoms with van der Waals surface area (Å²) in [4.78, 5) is 28.4. The lowest BCUT2D eigenvalue weighted by molar-refractivity contribution is -0.158. The Kier molecular flexibility index (Phi) is 7.05. The van der Waals surface area contributed by atoms with Crippen LogP contribution < -0.4 is 9.64 Å². The summed E-state index contributed by atoms with van der Waals surface area (Å²) in [5, 5.41) is 21.6. The van der Waals surface area contributed by atoms with E-state index < -0.39 is 18.0 Å². The zero-order chi connectivity index (χ0) is 22.7. The summed E-state index contributed by atoms with van der Waals surface area (Å²) >= 11 is 0. The monoisotopic (exact) mass is 428 g/mol. The van der Waals surface area contributed by atoms with E-state index in [-0.39, 0.29) is 17.9 Å². The van der Waals surface area contributed by atoms with Crippen LogP contribution in [-0.4, -0.2) is 65.9 Å². The molecular formula is C24H32N2O5. The number of carbonyl (C=O) groups is 2. The summed E-state index contributed by atoms with van der Waals surface area (Å²) in [6.07, 6.45) is -1.34. The maximum absolute atomic E-state index is 13.1. The first-order chi connectivity index (χ1) is 14.7. The highest BCUT2D eigenvalue weighted by molar-refractivity contribution is 5.88. The fourth-order valence-corrected chi connectivity index (χ4v) is 4.31. The summed E-state index contributed by atoms with van der Waals surface area (Å²) in [6, 6.07) is 12.1. The van der Waals surface area contributed by atoms with Crippen LogP contribution in [0.3, 0.4) is 0 Å². The second-order valence-corrected chi connectivity index (χ2v) is 8.74. The van der Waals surface area contributed by atoms with E-state index in [0.717, 1.165) is 22.2 Å². The van der Waals surface area contributed by atoms with E-state index >= 15 is 0 Å². The van der Waals surface area contributed by atoms with Gasteiger partial charge in [0.2, 0.25) is 5.91 Å². The van der Waals surface area contributed by atoms with Gasteiger partial charge in [0.15, 0.2) is 6.10 Å². The molecule has 2 aromatic carbocycles. The fraction of sp³-hybridized carbons (Fsp3) is 0.500. The minimum absolute atomic E-state index is 0.0940. The number of benzene rings is 2. The van der Waals surface area contributed by atoms with E-state index in [0.29, 0.717) is 26.1 Å². The predicted octanol–water partition coefficient (Wildman–Crippen LogP) is 2.99. The van der Waals surface area contributed by atoms with Crippen molar-refractivity contribution < 1.29 is 24.5 Å². The van der Waals surface area contributed by atoms with Gasteiger partial charge in [-0.25, -0.2) is 4.79 Å². The van der Waals surface area contributed by atoms with Crippen molar-refractivity contribution in [3.63, 3.8) is 0 Å². The summed E-state index contributed by atoms with van der Waals surface area (Å²) in [7, 11) is 1.65. The standard InChI is InChI=1S/C24H32N2O5/c1-15(2)11-21(22(27)24(29)30)23(28)26-10-9-25(14-16(26)3)19-7-5-18-13-20(31-4)8-6-17(18)12-19/h5-8,12-13,15-16,21-22,27H,9-11,14H2,1-4H3,(H,29,30)/t16-,21+,22+/m1/s1. The van der Waals surface area contributed by atoms with E-state index in [9.17, 15) is 19.8 Å². The number of anilines is 1. The number of hydrogen-bond donors (Lipinski definition) is 2. The van der Waals surface area contributed by atoms with Gasteiger partial charge in [0, 0.05) is 31.4 Å². The van der Waals surface area contributed by atoms with Crippen molar-refractivity contribution in [2.24, 2.45) is 11.8 Å². The van der Waals surface area contributed by atoms with Crippen LogP contribution >= 0.6 is 0 Å². The van der Waals surface area contributed by atoms with Gasteiger partial charge in [0.25, 0.3) is 0 Å². The molecule has 0 aromatic heterocycles. The van der Waals surface area contributed by atoms with Crippen LogP contribution in [0.15, 0.2) is 36.4 Å². The zero-order valence-corrected chi connectivity index (χ0v) is 18.6. The van der Waals surface area contributed by atoms with Crippen molar-refractivity contribution in [3.8, 4) is 5.75 Å². The summed E-state index contributed by atoms with van der Waals surface area (Å²) < 4.78 is 5.29. The first kappa shape index (κ1) is 22.9. The number of nitrogens with zero attached hydrogens (tertiary/aromatic N) is 2. The number of hydrogen-bond acceptors (Lipinski definition) is 5. The van der Waals surface area contributed by atoms with Crippen LogP contribution in [0.1, 0.15) is 27.2 Å². The maximum Gasteiger partial charge on any atom is 0.333 e. The predicted molar refractivity (Wildman–Crippen MR) is 120 cm³/mol. The van der Waals surface area contributed by atoms with Crippen molar-refractivity contribution in [1.29, 1.82) is 0 Å². The third-order valence-corrected chi connectivity index (χ3v) is 5.98. The van der Waals surface area contributed by atoms with Crippen molar-refractivity contribution in [1.82, 2.24) is 4.90 Å². The van der Waals surface area contributed by atoms with Gasteiger partial charge in [-0.15, -0.1) is 0 Å². The fourth-order valence-electron chi connectivity index (χ4n) is 4.31. The molecule has 1 saturated heterocycles. The lowest BCUT2D eigenvalue weighted by Gasteiger charge is -2.42.